The Kier molecular flexibility index (Phi) is 15.2. The lowest BCUT2D eigenvalue weighted by Crippen LogP contribution is -2.50. The van der Waals surface area contributed by atoms with Gasteiger partial charge < -0.3 is 48.1 Å². The van der Waals surface area contributed by atoms with Crippen molar-refractivity contribution in [3.8, 4) is 0 Å². The molecule has 0 radical (unpaired) electrons. The minimum absolute atomic E-state index is 0.0161. The van der Waals surface area contributed by atoms with Crippen molar-refractivity contribution in [2.45, 2.75) is 166 Å². The second-order valence-corrected chi connectivity index (χ2v) is 19.5. The van der Waals surface area contributed by atoms with E-state index in [1.807, 2.05) is 27.7 Å². The Morgan fingerprint density at radius 1 is 0.919 bits per heavy atom. The smallest absolute Gasteiger partial charge is 0.306 e. The highest BCUT2D eigenvalue weighted by Crippen LogP contribution is 2.65. The molecule has 18 atom stereocenters. The van der Waals surface area contributed by atoms with E-state index >= 15 is 4.79 Å². The van der Waals surface area contributed by atoms with E-state index in [1.54, 1.807) is 20.3 Å². The van der Waals surface area contributed by atoms with Crippen LogP contribution >= 0.6 is 0 Å². The number of methoxy groups -OCH3 is 3. The number of carbonyl (C=O) groups is 2. The van der Waals surface area contributed by atoms with E-state index in [2.05, 4.69) is 36.9 Å². The Morgan fingerprint density at radius 3 is 2.26 bits per heavy atom. The number of ketones is 1. The lowest BCUT2D eigenvalue weighted by atomic mass is 9.66. The molecule has 2 saturated carbocycles. The maximum absolute atomic E-state index is 15.1. The number of cyclic esters (lactones) is 1. The van der Waals surface area contributed by atoms with Gasteiger partial charge in [0, 0.05) is 51.0 Å². The number of fused-ring (bicyclic) bond motifs is 8. The zero-order valence-electron chi connectivity index (χ0n) is 38.4. The molecule has 62 heavy (non-hydrogen) atoms. The van der Waals surface area contributed by atoms with Gasteiger partial charge >= 0.3 is 5.97 Å². The average Bonchev–Trinajstić information content (AvgIpc) is 3.64. The molecule has 0 aromatic heterocycles. The van der Waals surface area contributed by atoms with Crippen molar-refractivity contribution >= 4 is 17.4 Å². The maximum atomic E-state index is 15.1. The predicted octanol–water partition coefficient (Wildman–Crippen LogP) is 6.70. The second-order valence-electron chi connectivity index (χ2n) is 19.5. The molecule has 12 nitrogen and oxygen atoms in total. The second kappa shape index (κ2) is 19.9. The maximum Gasteiger partial charge on any atom is 0.306 e. The molecule has 1 N–H and O–H groups in total. The molecule has 6 aliphatic rings. The number of aliphatic hydroxyl groups is 1. The van der Waals surface area contributed by atoms with Crippen LogP contribution < -0.4 is 4.90 Å². The lowest BCUT2D eigenvalue weighted by molar-refractivity contribution is -0.236. The van der Waals surface area contributed by atoms with Crippen molar-refractivity contribution < 1.29 is 56.6 Å². The highest BCUT2D eigenvalue weighted by molar-refractivity contribution is 5.99. The van der Waals surface area contributed by atoms with Gasteiger partial charge in [0.05, 0.1) is 42.9 Å². The van der Waals surface area contributed by atoms with E-state index in [1.165, 1.54) is 13.2 Å². The number of hydrogen-bond acceptors (Lipinski definition) is 12. The van der Waals surface area contributed by atoms with Crippen molar-refractivity contribution in [2.75, 3.05) is 40.3 Å². The quantitative estimate of drug-likeness (QED) is 0.122. The molecule has 2 unspecified atom stereocenters. The summed E-state index contributed by atoms with van der Waals surface area (Å²) in [5.74, 6) is -3.35. The molecular formula is C48H72F2N2O10. The number of nitrogens with zero attached hydrogens (tertiary/aromatic N) is 2. The molecular weight excluding hydrogens is 803 g/mol. The zero-order chi connectivity index (χ0) is 44.7. The largest absolute Gasteiger partial charge is 0.462 e. The summed E-state index contributed by atoms with van der Waals surface area (Å²) in [6.45, 7) is 10.1. The molecule has 0 bridgehead atoms. The molecule has 348 valence electrons. The third-order valence-electron chi connectivity index (χ3n) is 15.5. The summed E-state index contributed by atoms with van der Waals surface area (Å²) in [4.78, 5) is 33.4. The number of Topliss-reactive ketones (excluding diaryl/α,β-unsaturated/α-hetero) is 1. The van der Waals surface area contributed by atoms with Crippen LogP contribution in [0.1, 0.15) is 92.4 Å². The summed E-state index contributed by atoms with van der Waals surface area (Å²) in [7, 11) is 8.80. The number of halogens is 2. The van der Waals surface area contributed by atoms with Crippen LogP contribution in [0.3, 0.4) is 0 Å². The van der Waals surface area contributed by atoms with E-state index in [4.69, 9.17) is 33.2 Å². The molecule has 5 fully saturated rings. The number of rotatable bonds is 14. The van der Waals surface area contributed by atoms with Gasteiger partial charge in [-0.3, -0.25) is 9.59 Å². The van der Waals surface area contributed by atoms with Crippen LogP contribution in [0.2, 0.25) is 0 Å². The first kappa shape index (κ1) is 47.4. The fraction of sp³-hybridized carbons (Fsp3) is 0.792. The molecule has 7 rings (SSSR count). The Bertz CT molecular complexity index is 1750. The van der Waals surface area contributed by atoms with Crippen molar-refractivity contribution in [1.82, 2.24) is 4.90 Å². The lowest BCUT2D eigenvalue weighted by Gasteiger charge is -2.40. The van der Waals surface area contributed by atoms with Gasteiger partial charge in [-0.15, -0.1) is 0 Å². The number of esters is 1. The van der Waals surface area contributed by atoms with Crippen LogP contribution in [0.4, 0.5) is 14.5 Å². The molecule has 0 amide bonds. The topological polar surface area (TPSA) is 125 Å². The minimum atomic E-state index is -1.33. The summed E-state index contributed by atoms with van der Waals surface area (Å²) in [6.07, 6.45) is 3.01. The first-order chi connectivity index (χ1) is 29.6. The third-order valence-corrected chi connectivity index (χ3v) is 15.5. The summed E-state index contributed by atoms with van der Waals surface area (Å²) in [5.41, 5.74) is 1.19. The first-order valence-corrected chi connectivity index (χ1v) is 23.2. The van der Waals surface area contributed by atoms with Crippen LogP contribution in [0.25, 0.3) is 0 Å². The van der Waals surface area contributed by atoms with Crippen molar-refractivity contribution in [2.24, 2.45) is 41.4 Å². The SMILES string of the molecule is CC[C@H]1CCC[C@H](O[C@H]2CC[C@H](N(C)C)C(C)O2)[C@@H](C)C(=O)C2=C[C@H]3[C@@H]4C[C@H](O[C@H](O)[C@@H](OC)C(OC)[C@@H](OC)C(C)C)C[C@H]4[C@H]4[C@@H]([C@H]3[C@@H]2CC(=O)O1)N4c1ccc(F)c(F)c1. The van der Waals surface area contributed by atoms with E-state index in [9.17, 15) is 18.7 Å². The molecule has 1 aromatic rings. The van der Waals surface area contributed by atoms with E-state index < -0.39 is 54.4 Å². The highest BCUT2D eigenvalue weighted by atomic mass is 19.2. The number of anilines is 1. The van der Waals surface area contributed by atoms with E-state index in [0.717, 1.165) is 25.3 Å². The number of carbonyl (C=O) groups excluding carboxylic acids is 2. The van der Waals surface area contributed by atoms with Gasteiger partial charge in [0.2, 0.25) is 0 Å². The normalized spacial score (nSPS) is 38.2. The Morgan fingerprint density at radius 2 is 1.63 bits per heavy atom. The monoisotopic (exact) mass is 875 g/mol. The summed E-state index contributed by atoms with van der Waals surface area (Å²) in [6, 6.07) is 4.06. The summed E-state index contributed by atoms with van der Waals surface area (Å²) >= 11 is 0. The van der Waals surface area contributed by atoms with Gasteiger partial charge in [0.15, 0.2) is 30.0 Å². The number of benzene rings is 1. The van der Waals surface area contributed by atoms with Gasteiger partial charge in [-0.05, 0) is 120 Å². The standard InChI is InChI=1S/C48H72F2N2O10/c1-11-28-13-12-14-38(62-40-18-17-37(51(6)7)26(5)59-40)25(4)44(54)34-22-31-30-20-29(61-48(55)47(58-10)46(57-9)45(56-8)24(2)3)21-33(30)42-43(41(31)32(34)23-39(53)60-28)52(42)27-15-16-35(49)36(50)19-27/h15-16,19,22,24-26,28-33,37-38,40-43,45-48,55H,11-14,17-18,20-21,23H2,1-10H3/t25-,26?,28+,29+,30+,31+,32-,33-,37+,38+,40+,41-,42+,43-,45+,46?,47+,48+,52?/m1/s1. The van der Waals surface area contributed by atoms with E-state index in [0.29, 0.717) is 43.4 Å². The summed E-state index contributed by atoms with van der Waals surface area (Å²) < 4.78 is 72.5. The van der Waals surface area contributed by atoms with Gasteiger partial charge in [-0.2, -0.15) is 0 Å². The predicted molar refractivity (Wildman–Crippen MR) is 228 cm³/mol. The van der Waals surface area contributed by atoms with Crippen LogP contribution in [0.5, 0.6) is 0 Å². The van der Waals surface area contributed by atoms with Crippen LogP contribution in [-0.4, -0.2) is 131 Å². The number of aliphatic hydroxyl groups excluding tert-OH is 1. The van der Waals surface area contributed by atoms with Crippen LogP contribution in [0.15, 0.2) is 29.8 Å². The average molecular weight is 875 g/mol. The van der Waals surface area contributed by atoms with Crippen molar-refractivity contribution in [1.29, 1.82) is 0 Å². The molecule has 3 saturated heterocycles. The fourth-order valence-electron chi connectivity index (χ4n) is 12.4. The minimum Gasteiger partial charge on any atom is -0.462 e. The number of ether oxygens (including phenoxy) is 7. The first-order valence-electron chi connectivity index (χ1n) is 23.2. The van der Waals surface area contributed by atoms with Crippen LogP contribution in [-0.2, 0) is 42.7 Å². The zero-order valence-corrected chi connectivity index (χ0v) is 38.4. The Hall–Kier alpha value is -2.56. The highest BCUT2D eigenvalue weighted by Gasteiger charge is 2.69. The van der Waals surface area contributed by atoms with Gasteiger partial charge in [0.25, 0.3) is 0 Å². The molecule has 3 heterocycles. The Labute approximate surface area is 367 Å². The van der Waals surface area contributed by atoms with Gasteiger partial charge in [0.1, 0.15) is 18.3 Å². The fourth-order valence-corrected chi connectivity index (χ4v) is 12.4. The molecule has 14 heteroatoms. The van der Waals surface area contributed by atoms with Crippen molar-refractivity contribution in [3.63, 3.8) is 0 Å². The summed E-state index contributed by atoms with van der Waals surface area (Å²) in [5, 5.41) is 11.6. The van der Waals surface area contributed by atoms with Gasteiger partial charge in [-0.1, -0.05) is 33.8 Å². The van der Waals surface area contributed by atoms with Gasteiger partial charge in [-0.25, -0.2) is 8.78 Å². The van der Waals surface area contributed by atoms with E-state index in [-0.39, 0.29) is 90.3 Å². The molecule has 3 aliphatic heterocycles. The molecule has 0 spiro atoms. The number of likely N-dealkylation sites (N-methyl/N-ethyl adjacent to an activating group) is 1. The number of allylic oxidation sites excluding steroid dienone is 2. The van der Waals surface area contributed by atoms with Crippen molar-refractivity contribution in [3.05, 3.63) is 41.5 Å². The third kappa shape index (κ3) is 9.41. The molecule has 1 aromatic carbocycles. The Balaban J connectivity index is 1.20. The molecule has 3 aliphatic carbocycles. The number of hydrogen-bond donors (Lipinski definition) is 1. The van der Waals surface area contributed by atoms with Crippen LogP contribution in [0, 0.1) is 53.1 Å².